The topological polar surface area (TPSA) is 104 Å². The number of nitrogens with one attached hydrogen (secondary N) is 1. The molecule has 0 radical (unpaired) electrons. The molecular weight excluding hydrogens is 274 g/mol. The summed E-state index contributed by atoms with van der Waals surface area (Å²) in [5.74, 6) is 0.709. The smallest absolute Gasteiger partial charge is 0.332 e. The van der Waals surface area contributed by atoms with E-state index in [-0.39, 0.29) is 18.3 Å². The van der Waals surface area contributed by atoms with Crippen LogP contribution in [0.25, 0.3) is 0 Å². The fourth-order valence-corrected chi connectivity index (χ4v) is 2.59. The van der Waals surface area contributed by atoms with Gasteiger partial charge in [0.1, 0.15) is 5.69 Å². The largest absolute Gasteiger partial charge is 0.394 e. The lowest BCUT2D eigenvalue weighted by Gasteiger charge is -2.24. The average molecular weight is 295 g/mol. The molecule has 1 aliphatic heterocycles. The number of hydrogen-bond donors (Lipinski definition) is 2. The van der Waals surface area contributed by atoms with Gasteiger partial charge in [0, 0.05) is 13.1 Å². The van der Waals surface area contributed by atoms with Crippen LogP contribution in [0.1, 0.15) is 31.9 Å². The molecule has 8 nitrogen and oxygen atoms in total. The molecule has 8 heteroatoms. The van der Waals surface area contributed by atoms with Gasteiger partial charge < -0.3 is 15.3 Å². The molecule has 2 N–H and O–H groups in total. The Labute approximate surface area is 123 Å². The maximum absolute atomic E-state index is 11.3. The Morgan fingerprint density at radius 3 is 2.90 bits per heavy atom. The van der Waals surface area contributed by atoms with Crippen molar-refractivity contribution in [1.29, 1.82) is 0 Å². The van der Waals surface area contributed by atoms with Crippen molar-refractivity contribution in [3.63, 3.8) is 0 Å². The molecule has 21 heavy (non-hydrogen) atoms. The van der Waals surface area contributed by atoms with Crippen LogP contribution in [-0.4, -0.2) is 45.7 Å². The van der Waals surface area contributed by atoms with Crippen LogP contribution in [0.5, 0.6) is 0 Å². The second kappa shape index (κ2) is 6.66. The number of hydrogen-bond acceptors (Lipinski definition) is 7. The van der Waals surface area contributed by atoms with Crippen LogP contribution in [0.15, 0.2) is 0 Å². The van der Waals surface area contributed by atoms with Crippen molar-refractivity contribution in [2.75, 3.05) is 29.9 Å². The van der Waals surface area contributed by atoms with Crippen molar-refractivity contribution in [1.82, 2.24) is 9.97 Å². The van der Waals surface area contributed by atoms with Crippen LogP contribution in [-0.2, 0) is 0 Å². The van der Waals surface area contributed by atoms with Crippen molar-refractivity contribution in [2.24, 2.45) is 0 Å². The number of aromatic nitrogens is 2. The van der Waals surface area contributed by atoms with E-state index in [1.165, 1.54) is 0 Å². The molecule has 0 aromatic carbocycles. The zero-order valence-corrected chi connectivity index (χ0v) is 12.4. The molecule has 0 bridgehead atoms. The van der Waals surface area contributed by atoms with Crippen molar-refractivity contribution >= 4 is 17.5 Å². The molecule has 116 valence electrons. The summed E-state index contributed by atoms with van der Waals surface area (Å²) in [6.45, 7) is 4.98. The summed E-state index contributed by atoms with van der Waals surface area (Å²) in [7, 11) is 0. The Kier molecular flexibility index (Phi) is 4.89. The molecule has 1 aromatic rings. The summed E-state index contributed by atoms with van der Waals surface area (Å²) in [6, 6.07) is -0.114. The van der Waals surface area contributed by atoms with Crippen LogP contribution >= 0.6 is 0 Å². The molecule has 2 rings (SSSR count). The lowest BCUT2D eigenvalue weighted by atomic mass is 10.2. The predicted octanol–water partition coefficient (Wildman–Crippen LogP) is 1.48. The van der Waals surface area contributed by atoms with Crippen LogP contribution in [0.3, 0.4) is 0 Å². The number of aryl methyl sites for hydroxylation is 1. The van der Waals surface area contributed by atoms with Crippen LogP contribution in [0, 0.1) is 17.0 Å². The highest BCUT2D eigenvalue weighted by Crippen LogP contribution is 2.34. The van der Waals surface area contributed by atoms with E-state index in [9.17, 15) is 15.2 Å². The zero-order chi connectivity index (χ0) is 15.4. The maximum atomic E-state index is 11.3. The first-order valence-corrected chi connectivity index (χ1v) is 7.22. The van der Waals surface area contributed by atoms with Gasteiger partial charge in [-0.15, -0.1) is 0 Å². The first-order chi connectivity index (χ1) is 10.1. The van der Waals surface area contributed by atoms with Gasteiger partial charge >= 0.3 is 5.69 Å². The van der Waals surface area contributed by atoms with E-state index in [4.69, 9.17) is 0 Å². The van der Waals surface area contributed by atoms with Gasteiger partial charge in [0.2, 0.25) is 11.8 Å². The molecule has 1 aliphatic rings. The minimum atomic E-state index is -0.443. The third-order valence-corrected chi connectivity index (χ3v) is 3.62. The monoisotopic (exact) mass is 295 g/mol. The van der Waals surface area contributed by atoms with Crippen molar-refractivity contribution in [2.45, 2.75) is 39.2 Å². The Morgan fingerprint density at radius 1 is 1.52 bits per heavy atom. The predicted molar refractivity (Wildman–Crippen MR) is 79.7 cm³/mol. The number of anilines is 2. The lowest BCUT2D eigenvalue weighted by molar-refractivity contribution is -0.385. The van der Waals surface area contributed by atoms with Gasteiger partial charge in [-0.1, -0.05) is 6.92 Å². The van der Waals surface area contributed by atoms with E-state index in [0.717, 1.165) is 19.3 Å². The summed E-state index contributed by atoms with van der Waals surface area (Å²) >= 11 is 0. The van der Waals surface area contributed by atoms with E-state index in [1.807, 2.05) is 11.8 Å². The van der Waals surface area contributed by atoms with Crippen LogP contribution in [0.2, 0.25) is 0 Å². The molecule has 2 heterocycles. The SMILES string of the molecule is CCCNc1nc(C)c([N+](=O)[O-])c(N2CCCC2CO)n1. The molecule has 1 aromatic heterocycles. The quantitative estimate of drug-likeness (QED) is 0.605. The summed E-state index contributed by atoms with van der Waals surface area (Å²) in [5, 5.41) is 23.8. The van der Waals surface area contributed by atoms with Gasteiger partial charge in [-0.2, -0.15) is 4.98 Å². The minimum absolute atomic E-state index is 0.0298. The summed E-state index contributed by atoms with van der Waals surface area (Å²) < 4.78 is 0. The number of nitrogens with zero attached hydrogens (tertiary/aromatic N) is 4. The summed E-state index contributed by atoms with van der Waals surface area (Å²) in [5.41, 5.74) is 0.268. The van der Waals surface area contributed by atoms with Gasteiger partial charge in [-0.3, -0.25) is 10.1 Å². The first kappa shape index (κ1) is 15.4. The molecule has 1 atom stereocenters. The molecule has 1 fully saturated rings. The average Bonchev–Trinajstić information content (AvgIpc) is 2.92. The van der Waals surface area contributed by atoms with E-state index >= 15 is 0 Å². The summed E-state index contributed by atoms with van der Waals surface area (Å²) in [4.78, 5) is 21.2. The number of nitro groups is 1. The molecule has 0 amide bonds. The Balaban J connectivity index is 2.44. The number of aliphatic hydroxyl groups is 1. The molecule has 0 aliphatic carbocycles. The third kappa shape index (κ3) is 3.21. The van der Waals surface area contributed by atoms with Gasteiger partial charge in [-0.25, -0.2) is 4.98 Å². The fourth-order valence-electron chi connectivity index (χ4n) is 2.59. The Bertz CT molecular complexity index is 523. The van der Waals surface area contributed by atoms with Gasteiger partial charge in [0.05, 0.1) is 17.6 Å². The molecule has 1 unspecified atom stereocenters. The fraction of sp³-hybridized carbons (Fsp3) is 0.692. The van der Waals surface area contributed by atoms with E-state index in [1.54, 1.807) is 6.92 Å². The normalized spacial score (nSPS) is 18.0. The zero-order valence-electron chi connectivity index (χ0n) is 12.4. The van der Waals surface area contributed by atoms with E-state index < -0.39 is 4.92 Å². The minimum Gasteiger partial charge on any atom is -0.394 e. The molecular formula is C13H21N5O3. The van der Waals surface area contributed by atoms with Gasteiger partial charge in [0.15, 0.2) is 0 Å². The second-order valence-corrected chi connectivity index (χ2v) is 5.16. The third-order valence-electron chi connectivity index (χ3n) is 3.62. The molecule has 0 spiro atoms. The highest BCUT2D eigenvalue weighted by atomic mass is 16.6. The van der Waals surface area contributed by atoms with Crippen molar-refractivity contribution < 1.29 is 10.0 Å². The van der Waals surface area contributed by atoms with E-state index in [0.29, 0.717) is 30.5 Å². The van der Waals surface area contributed by atoms with Crippen LogP contribution in [0.4, 0.5) is 17.5 Å². The number of aliphatic hydroxyl groups excluding tert-OH is 1. The highest BCUT2D eigenvalue weighted by molar-refractivity contribution is 5.63. The van der Waals surface area contributed by atoms with E-state index in [2.05, 4.69) is 15.3 Å². The standard InChI is InChI=1S/C13H21N5O3/c1-3-6-14-13-15-9(2)11(18(20)21)12(16-13)17-7-4-5-10(17)8-19/h10,19H,3-8H2,1-2H3,(H,14,15,16). The Hall–Kier alpha value is -1.96. The molecule has 1 saturated heterocycles. The van der Waals surface area contributed by atoms with Gasteiger partial charge in [0.25, 0.3) is 0 Å². The highest BCUT2D eigenvalue weighted by Gasteiger charge is 2.33. The van der Waals surface area contributed by atoms with Crippen molar-refractivity contribution in [3.8, 4) is 0 Å². The summed E-state index contributed by atoms with van der Waals surface area (Å²) in [6.07, 6.45) is 2.62. The number of rotatable bonds is 6. The first-order valence-electron chi connectivity index (χ1n) is 7.22. The Morgan fingerprint density at radius 2 is 2.29 bits per heavy atom. The van der Waals surface area contributed by atoms with Crippen molar-refractivity contribution in [3.05, 3.63) is 15.8 Å². The lowest BCUT2D eigenvalue weighted by Crippen LogP contribution is -2.33. The van der Waals surface area contributed by atoms with Crippen LogP contribution < -0.4 is 10.2 Å². The molecule has 0 saturated carbocycles. The van der Waals surface area contributed by atoms with Gasteiger partial charge in [-0.05, 0) is 26.2 Å². The second-order valence-electron chi connectivity index (χ2n) is 5.16. The maximum Gasteiger partial charge on any atom is 0.332 e.